The molecule has 0 atom stereocenters. The molecule has 6 heteroatoms. The highest BCUT2D eigenvalue weighted by Gasteiger charge is 2.22. The zero-order chi connectivity index (χ0) is 10.3. The Morgan fingerprint density at radius 1 is 1.36 bits per heavy atom. The van der Waals surface area contributed by atoms with Gasteiger partial charge in [0.25, 0.3) is 0 Å². The maximum atomic E-state index is 8.94. The Kier molecular flexibility index (Phi) is 2.04. The highest BCUT2D eigenvalue weighted by molar-refractivity contribution is 7.16. The van der Waals surface area contributed by atoms with Gasteiger partial charge in [0.2, 0.25) is 4.96 Å². The van der Waals surface area contributed by atoms with Crippen LogP contribution in [0, 0.1) is 0 Å². The molecular formula is C8H12N4OS. The van der Waals surface area contributed by atoms with E-state index in [2.05, 4.69) is 36.1 Å². The molecule has 2 aromatic heterocycles. The van der Waals surface area contributed by atoms with Crippen LogP contribution in [0.15, 0.2) is 0 Å². The summed E-state index contributed by atoms with van der Waals surface area (Å²) < 4.78 is 1.70. The van der Waals surface area contributed by atoms with Gasteiger partial charge in [0.15, 0.2) is 5.82 Å². The van der Waals surface area contributed by atoms with Crippen LogP contribution >= 0.6 is 11.3 Å². The molecule has 2 aromatic rings. The molecule has 0 aromatic carbocycles. The molecule has 0 aliphatic heterocycles. The molecule has 1 N–H and O–H groups in total. The molecule has 0 aliphatic carbocycles. The molecule has 0 unspecified atom stereocenters. The quantitative estimate of drug-likeness (QED) is 0.765. The average Bonchev–Trinajstić information content (AvgIpc) is 2.57. The lowest BCUT2D eigenvalue weighted by molar-refractivity contribution is 0.279. The lowest BCUT2D eigenvalue weighted by Gasteiger charge is -2.13. The molecule has 0 saturated carbocycles. The number of hydrogen-bond acceptors (Lipinski definition) is 5. The van der Waals surface area contributed by atoms with Crippen molar-refractivity contribution in [2.24, 2.45) is 0 Å². The summed E-state index contributed by atoms with van der Waals surface area (Å²) in [5.74, 6) is 0.823. The van der Waals surface area contributed by atoms with Crippen LogP contribution < -0.4 is 0 Å². The number of aliphatic hydroxyl groups excluding tert-OH is 1. The van der Waals surface area contributed by atoms with E-state index < -0.39 is 0 Å². The second kappa shape index (κ2) is 2.99. The first-order valence-electron chi connectivity index (χ1n) is 4.35. The van der Waals surface area contributed by atoms with Gasteiger partial charge in [0.05, 0.1) is 6.61 Å². The van der Waals surface area contributed by atoms with Gasteiger partial charge in [0.1, 0.15) is 5.01 Å². The summed E-state index contributed by atoms with van der Waals surface area (Å²) in [6.45, 7) is 6.13. The number of aromatic nitrogens is 4. The Bertz CT molecular complexity index is 453. The van der Waals surface area contributed by atoms with E-state index in [9.17, 15) is 0 Å². The van der Waals surface area contributed by atoms with Gasteiger partial charge in [-0.3, -0.25) is 0 Å². The topological polar surface area (TPSA) is 63.3 Å². The molecule has 14 heavy (non-hydrogen) atoms. The maximum absolute atomic E-state index is 8.94. The summed E-state index contributed by atoms with van der Waals surface area (Å²) in [5.41, 5.74) is -0.0831. The van der Waals surface area contributed by atoms with Gasteiger partial charge in [-0.15, -0.1) is 10.2 Å². The SMILES string of the molecule is CC(C)(C)c1nnc2sc(CO)nn12. The second-order valence-corrected chi connectivity index (χ2v) is 5.16. The third-order valence-corrected chi connectivity index (χ3v) is 2.72. The summed E-state index contributed by atoms with van der Waals surface area (Å²) in [4.78, 5) is 0.735. The zero-order valence-electron chi connectivity index (χ0n) is 8.35. The summed E-state index contributed by atoms with van der Waals surface area (Å²) in [7, 11) is 0. The number of hydrogen-bond donors (Lipinski definition) is 1. The van der Waals surface area contributed by atoms with Crippen molar-refractivity contribution >= 4 is 16.3 Å². The maximum Gasteiger partial charge on any atom is 0.234 e. The van der Waals surface area contributed by atoms with Crippen LogP contribution in [0.4, 0.5) is 0 Å². The fraction of sp³-hybridized carbons (Fsp3) is 0.625. The molecule has 0 spiro atoms. The van der Waals surface area contributed by atoms with Crippen LogP contribution in [0.25, 0.3) is 4.96 Å². The van der Waals surface area contributed by atoms with E-state index in [4.69, 9.17) is 5.11 Å². The number of nitrogens with zero attached hydrogens (tertiary/aromatic N) is 4. The van der Waals surface area contributed by atoms with E-state index in [1.807, 2.05) is 0 Å². The molecule has 0 saturated heterocycles. The van der Waals surface area contributed by atoms with Crippen molar-refractivity contribution in [2.75, 3.05) is 0 Å². The van der Waals surface area contributed by atoms with Crippen LogP contribution in [0.5, 0.6) is 0 Å². The monoisotopic (exact) mass is 212 g/mol. The number of aliphatic hydroxyl groups is 1. The Morgan fingerprint density at radius 2 is 2.07 bits per heavy atom. The standard InChI is InChI=1S/C8H12N4OS/c1-8(2,3)6-9-10-7-12(6)11-5(4-13)14-7/h13H,4H2,1-3H3. The van der Waals surface area contributed by atoms with Crippen molar-refractivity contribution in [2.45, 2.75) is 32.8 Å². The first-order chi connectivity index (χ1) is 6.52. The van der Waals surface area contributed by atoms with Crippen LogP contribution in [-0.4, -0.2) is 24.9 Å². The molecule has 0 fully saturated rings. The summed E-state index contributed by atoms with van der Waals surface area (Å²) in [5, 5.41) is 21.9. The van der Waals surface area contributed by atoms with Gasteiger partial charge >= 0.3 is 0 Å². The normalized spacial score (nSPS) is 12.6. The zero-order valence-corrected chi connectivity index (χ0v) is 9.17. The minimum absolute atomic E-state index is 0.0440. The first kappa shape index (κ1) is 9.54. The van der Waals surface area contributed by atoms with Gasteiger partial charge in [-0.2, -0.15) is 9.61 Å². The minimum atomic E-state index is -0.0831. The van der Waals surface area contributed by atoms with Crippen LogP contribution in [0.3, 0.4) is 0 Å². The van der Waals surface area contributed by atoms with Crippen molar-refractivity contribution < 1.29 is 5.11 Å². The van der Waals surface area contributed by atoms with E-state index in [1.165, 1.54) is 11.3 Å². The van der Waals surface area contributed by atoms with E-state index in [1.54, 1.807) is 4.52 Å². The highest BCUT2D eigenvalue weighted by Crippen LogP contribution is 2.22. The van der Waals surface area contributed by atoms with Crippen LogP contribution in [0.2, 0.25) is 0 Å². The third kappa shape index (κ3) is 1.40. The van der Waals surface area contributed by atoms with Gasteiger partial charge in [-0.1, -0.05) is 32.1 Å². The molecule has 76 valence electrons. The smallest absolute Gasteiger partial charge is 0.234 e. The fourth-order valence-electron chi connectivity index (χ4n) is 1.19. The Balaban J connectivity index is 2.61. The summed E-state index contributed by atoms with van der Waals surface area (Å²) >= 11 is 1.36. The Morgan fingerprint density at radius 3 is 2.64 bits per heavy atom. The molecule has 0 bridgehead atoms. The summed E-state index contributed by atoms with van der Waals surface area (Å²) in [6, 6.07) is 0. The average molecular weight is 212 g/mol. The molecule has 2 heterocycles. The number of rotatable bonds is 1. The molecular weight excluding hydrogens is 200 g/mol. The highest BCUT2D eigenvalue weighted by atomic mass is 32.1. The van der Waals surface area contributed by atoms with Gasteiger partial charge in [-0.25, -0.2) is 0 Å². The van der Waals surface area contributed by atoms with Crippen LogP contribution in [0.1, 0.15) is 31.6 Å². The van der Waals surface area contributed by atoms with E-state index in [0.29, 0.717) is 5.01 Å². The lowest BCUT2D eigenvalue weighted by atomic mass is 9.96. The fourth-order valence-corrected chi connectivity index (χ4v) is 1.88. The Labute approximate surface area is 85.4 Å². The molecule has 2 rings (SSSR count). The molecule has 0 radical (unpaired) electrons. The van der Waals surface area contributed by atoms with Gasteiger partial charge < -0.3 is 5.11 Å². The minimum Gasteiger partial charge on any atom is -0.389 e. The molecule has 0 amide bonds. The number of fused-ring (bicyclic) bond motifs is 1. The summed E-state index contributed by atoms with van der Waals surface area (Å²) in [6.07, 6.45) is 0. The predicted molar refractivity (Wildman–Crippen MR) is 53.3 cm³/mol. The molecule has 5 nitrogen and oxygen atoms in total. The predicted octanol–water partition coefficient (Wildman–Crippen LogP) is 0.976. The molecule has 0 aliphatic rings. The first-order valence-corrected chi connectivity index (χ1v) is 5.16. The van der Waals surface area contributed by atoms with Crippen molar-refractivity contribution in [3.63, 3.8) is 0 Å². The van der Waals surface area contributed by atoms with E-state index >= 15 is 0 Å². The van der Waals surface area contributed by atoms with Crippen LogP contribution in [-0.2, 0) is 12.0 Å². The third-order valence-electron chi connectivity index (χ3n) is 1.84. The Hall–Kier alpha value is -1.01. The van der Waals surface area contributed by atoms with Crippen molar-refractivity contribution in [1.82, 2.24) is 19.8 Å². The van der Waals surface area contributed by atoms with Crippen molar-refractivity contribution in [3.8, 4) is 0 Å². The van der Waals surface area contributed by atoms with Gasteiger partial charge in [0, 0.05) is 5.41 Å². The second-order valence-electron chi connectivity index (χ2n) is 4.12. The lowest BCUT2D eigenvalue weighted by Crippen LogP contribution is -2.16. The van der Waals surface area contributed by atoms with Gasteiger partial charge in [-0.05, 0) is 0 Å². The van der Waals surface area contributed by atoms with Crippen molar-refractivity contribution in [3.05, 3.63) is 10.8 Å². The van der Waals surface area contributed by atoms with Crippen molar-refractivity contribution in [1.29, 1.82) is 0 Å². The largest absolute Gasteiger partial charge is 0.389 e. The van der Waals surface area contributed by atoms with E-state index in [-0.39, 0.29) is 12.0 Å². The van der Waals surface area contributed by atoms with E-state index in [0.717, 1.165) is 10.8 Å².